The van der Waals surface area contributed by atoms with Crippen LogP contribution in [0.15, 0.2) is 47.1 Å². The topological polar surface area (TPSA) is 79.0 Å². The minimum absolute atomic E-state index is 0.232. The maximum atomic E-state index is 14.1. The van der Waals surface area contributed by atoms with Crippen molar-refractivity contribution in [1.82, 2.24) is 25.4 Å². The van der Waals surface area contributed by atoms with Crippen LogP contribution in [0, 0.1) is 17.1 Å². The average Bonchev–Trinajstić information content (AvgIpc) is 3.46. The van der Waals surface area contributed by atoms with Gasteiger partial charge in [-0.05, 0) is 36.6 Å². The predicted octanol–water partition coefficient (Wildman–Crippen LogP) is 3.84. The lowest BCUT2D eigenvalue weighted by Gasteiger charge is -2.13. The van der Waals surface area contributed by atoms with Gasteiger partial charge in [-0.1, -0.05) is 23.4 Å². The van der Waals surface area contributed by atoms with Crippen molar-refractivity contribution in [1.29, 1.82) is 5.26 Å². The highest BCUT2D eigenvalue weighted by Crippen LogP contribution is 2.29. The van der Waals surface area contributed by atoms with Gasteiger partial charge in [-0.2, -0.15) is 5.26 Å². The molecule has 0 unspecified atom stereocenters. The van der Waals surface area contributed by atoms with E-state index < -0.39 is 5.82 Å². The third-order valence-corrected chi connectivity index (χ3v) is 5.85. The molecule has 0 saturated carbocycles. The standard InChI is InChI=1S/C18H15FN6OS2/c1-2-25-17(16-4-3-7-27-16)21-22-18(25)28-11-24-10-15(26-23-24)13-8-12(9-20)5-6-14(13)19/h3-8,10,23H,2,11H2,1H3. The molecule has 1 N–H and O–H groups in total. The summed E-state index contributed by atoms with van der Waals surface area (Å²) in [5, 5.41) is 22.1. The fourth-order valence-corrected chi connectivity index (χ4v) is 4.24. The molecule has 0 amide bonds. The minimum Gasteiger partial charge on any atom is -0.387 e. The number of aromatic nitrogens is 3. The molecule has 0 bridgehead atoms. The van der Waals surface area contributed by atoms with E-state index in [-0.39, 0.29) is 5.56 Å². The van der Waals surface area contributed by atoms with Gasteiger partial charge in [-0.3, -0.25) is 5.01 Å². The SMILES string of the molecule is CCn1c(SCN2C=C(c3cc(C#N)ccc3F)ON2)nnc1-c1cccs1. The van der Waals surface area contributed by atoms with Gasteiger partial charge in [0.1, 0.15) is 5.82 Å². The van der Waals surface area contributed by atoms with Crippen molar-refractivity contribution in [3.05, 3.63) is 58.9 Å². The summed E-state index contributed by atoms with van der Waals surface area (Å²) in [6.07, 6.45) is 1.65. The number of hydrazine groups is 1. The summed E-state index contributed by atoms with van der Waals surface area (Å²) >= 11 is 3.10. The highest BCUT2D eigenvalue weighted by atomic mass is 32.2. The van der Waals surface area contributed by atoms with Crippen LogP contribution in [-0.4, -0.2) is 25.7 Å². The molecule has 7 nitrogen and oxygen atoms in total. The average molecular weight is 414 g/mol. The van der Waals surface area contributed by atoms with Crippen LogP contribution >= 0.6 is 23.1 Å². The highest BCUT2D eigenvalue weighted by Gasteiger charge is 2.20. The van der Waals surface area contributed by atoms with Gasteiger partial charge in [0, 0.05) is 6.54 Å². The van der Waals surface area contributed by atoms with Gasteiger partial charge in [0.2, 0.25) is 0 Å². The summed E-state index contributed by atoms with van der Waals surface area (Å²) in [5.74, 6) is 1.18. The van der Waals surface area contributed by atoms with E-state index in [1.54, 1.807) is 22.5 Å². The summed E-state index contributed by atoms with van der Waals surface area (Å²) in [5.41, 5.74) is 3.33. The lowest BCUT2D eigenvalue weighted by atomic mass is 10.1. The molecule has 1 aliphatic rings. The fourth-order valence-electron chi connectivity index (χ4n) is 2.67. The Hall–Kier alpha value is -2.87. The Balaban J connectivity index is 1.48. The van der Waals surface area contributed by atoms with E-state index in [1.807, 2.05) is 35.1 Å². The molecular weight excluding hydrogens is 399 g/mol. The maximum Gasteiger partial charge on any atom is 0.193 e. The zero-order chi connectivity index (χ0) is 19.5. The molecule has 4 rings (SSSR count). The number of hydrogen-bond acceptors (Lipinski definition) is 8. The Morgan fingerprint density at radius 3 is 3.00 bits per heavy atom. The lowest BCUT2D eigenvalue weighted by molar-refractivity contribution is 0.0604. The zero-order valence-electron chi connectivity index (χ0n) is 14.8. The summed E-state index contributed by atoms with van der Waals surface area (Å²) in [4.78, 5) is 6.44. The molecule has 28 heavy (non-hydrogen) atoms. The largest absolute Gasteiger partial charge is 0.387 e. The number of benzene rings is 1. The molecule has 10 heteroatoms. The van der Waals surface area contributed by atoms with Crippen LogP contribution in [0.3, 0.4) is 0 Å². The molecule has 0 radical (unpaired) electrons. The van der Waals surface area contributed by atoms with Gasteiger partial charge in [0.15, 0.2) is 16.7 Å². The minimum atomic E-state index is -0.451. The Labute approximate surface area is 169 Å². The van der Waals surface area contributed by atoms with Crippen molar-refractivity contribution in [3.8, 4) is 16.8 Å². The lowest BCUT2D eigenvalue weighted by Crippen LogP contribution is -2.27. The van der Waals surface area contributed by atoms with Gasteiger partial charge in [-0.25, -0.2) is 4.39 Å². The Bertz CT molecular complexity index is 1060. The predicted molar refractivity (Wildman–Crippen MR) is 105 cm³/mol. The Morgan fingerprint density at radius 1 is 1.36 bits per heavy atom. The molecule has 142 valence electrons. The first-order chi connectivity index (χ1) is 13.7. The normalized spacial score (nSPS) is 13.3. The third-order valence-electron chi connectivity index (χ3n) is 4.01. The van der Waals surface area contributed by atoms with Crippen molar-refractivity contribution >= 4 is 28.9 Å². The van der Waals surface area contributed by atoms with Crippen molar-refractivity contribution in [2.45, 2.75) is 18.6 Å². The molecule has 0 fully saturated rings. The van der Waals surface area contributed by atoms with Gasteiger partial charge in [0.25, 0.3) is 0 Å². The number of nitrogens with zero attached hydrogens (tertiary/aromatic N) is 5. The third kappa shape index (κ3) is 3.60. The second kappa shape index (κ2) is 8.02. The van der Waals surface area contributed by atoms with Crippen molar-refractivity contribution in [3.63, 3.8) is 0 Å². The summed E-state index contributed by atoms with van der Waals surface area (Å²) in [7, 11) is 0. The first-order valence-electron chi connectivity index (χ1n) is 8.40. The number of nitrogens with one attached hydrogen (secondary N) is 1. The van der Waals surface area contributed by atoms with Crippen molar-refractivity contribution in [2.75, 3.05) is 5.88 Å². The molecule has 0 atom stereocenters. The monoisotopic (exact) mass is 414 g/mol. The second-order valence-electron chi connectivity index (χ2n) is 5.76. The molecule has 3 heterocycles. The van der Waals surface area contributed by atoms with Crippen LogP contribution < -0.4 is 5.59 Å². The fraction of sp³-hybridized carbons (Fsp3) is 0.167. The van der Waals surface area contributed by atoms with Crippen LogP contribution in [0.2, 0.25) is 0 Å². The van der Waals surface area contributed by atoms with Gasteiger partial charge < -0.3 is 9.40 Å². The number of halogens is 1. The van der Waals surface area contributed by atoms with Crippen LogP contribution in [-0.2, 0) is 11.4 Å². The second-order valence-corrected chi connectivity index (χ2v) is 7.62. The molecule has 0 spiro atoms. The molecule has 0 saturated heterocycles. The van der Waals surface area contributed by atoms with Crippen LogP contribution in [0.1, 0.15) is 18.1 Å². The molecule has 0 aliphatic carbocycles. The molecular formula is C18H15FN6OS2. The quantitative estimate of drug-likeness (QED) is 0.614. The zero-order valence-corrected chi connectivity index (χ0v) is 16.4. The number of hydrogen-bond donors (Lipinski definition) is 1. The van der Waals surface area contributed by atoms with E-state index in [9.17, 15) is 4.39 Å². The Kier molecular flexibility index (Phi) is 5.29. The van der Waals surface area contributed by atoms with E-state index in [0.29, 0.717) is 17.2 Å². The maximum absolute atomic E-state index is 14.1. The first-order valence-corrected chi connectivity index (χ1v) is 10.3. The molecule has 1 aromatic carbocycles. The number of nitriles is 1. The van der Waals surface area contributed by atoms with Gasteiger partial charge in [0.05, 0.1) is 34.2 Å². The Morgan fingerprint density at radius 2 is 2.25 bits per heavy atom. The van der Waals surface area contributed by atoms with Crippen LogP contribution in [0.5, 0.6) is 0 Å². The van der Waals surface area contributed by atoms with E-state index in [1.165, 1.54) is 30.0 Å². The smallest absolute Gasteiger partial charge is 0.193 e. The van der Waals surface area contributed by atoms with Crippen LogP contribution in [0.4, 0.5) is 4.39 Å². The first kappa shape index (κ1) is 18.5. The number of thioether (sulfide) groups is 1. The number of rotatable bonds is 6. The van der Waals surface area contributed by atoms with E-state index in [2.05, 4.69) is 15.8 Å². The molecule has 2 aromatic heterocycles. The summed E-state index contributed by atoms with van der Waals surface area (Å²) in [6, 6.07) is 10.1. The molecule has 3 aromatic rings. The van der Waals surface area contributed by atoms with Crippen LogP contribution in [0.25, 0.3) is 16.5 Å². The molecule has 1 aliphatic heterocycles. The van der Waals surface area contributed by atoms with Crippen molar-refractivity contribution in [2.24, 2.45) is 0 Å². The summed E-state index contributed by atoms with van der Waals surface area (Å²) < 4.78 is 16.1. The van der Waals surface area contributed by atoms with E-state index >= 15 is 0 Å². The van der Waals surface area contributed by atoms with Gasteiger partial charge in [-0.15, -0.1) is 21.5 Å². The van der Waals surface area contributed by atoms with Gasteiger partial charge >= 0.3 is 0 Å². The van der Waals surface area contributed by atoms with E-state index in [4.69, 9.17) is 10.1 Å². The number of thiophene rings is 1. The highest BCUT2D eigenvalue weighted by molar-refractivity contribution is 7.99. The van der Waals surface area contributed by atoms with E-state index in [0.717, 1.165) is 22.4 Å². The summed E-state index contributed by atoms with van der Waals surface area (Å²) in [6.45, 7) is 2.80. The van der Waals surface area contributed by atoms with Crippen molar-refractivity contribution < 1.29 is 9.23 Å².